The van der Waals surface area contributed by atoms with Crippen LogP contribution in [0.1, 0.15) is 87.9 Å². The van der Waals surface area contributed by atoms with Gasteiger partial charge in [0.05, 0.1) is 11.5 Å². The molecule has 1 aromatic rings. The Bertz CT molecular complexity index is 556. The van der Waals surface area contributed by atoms with E-state index in [1.54, 1.807) is 12.1 Å². The molecule has 1 N–H and O–H groups in total. The third kappa shape index (κ3) is 6.81. The molecule has 0 atom stereocenters. The zero-order valence-corrected chi connectivity index (χ0v) is 15.9. The number of hydrogen-bond donors (Lipinski definition) is 1. The molecule has 0 radical (unpaired) electrons. The van der Waals surface area contributed by atoms with Crippen LogP contribution in [0.25, 0.3) is 0 Å². The summed E-state index contributed by atoms with van der Waals surface area (Å²) in [6.45, 7) is 2.24. The van der Waals surface area contributed by atoms with E-state index in [0.717, 1.165) is 31.6 Å². The van der Waals surface area contributed by atoms with E-state index in [0.29, 0.717) is 5.75 Å². The van der Waals surface area contributed by atoms with Crippen LogP contribution in [0.3, 0.4) is 0 Å². The molecule has 0 amide bonds. The van der Waals surface area contributed by atoms with Gasteiger partial charge in [-0.1, -0.05) is 51.9 Å². The van der Waals surface area contributed by atoms with E-state index in [-0.39, 0.29) is 17.5 Å². The molecule has 0 unspecified atom stereocenters. The molecule has 1 aliphatic carbocycles. The van der Waals surface area contributed by atoms with E-state index < -0.39 is 5.97 Å². The third-order valence-electron chi connectivity index (χ3n) is 5.47. The lowest BCUT2D eigenvalue weighted by atomic mass is 9.80. The first-order chi connectivity index (χ1) is 12.6. The maximum absolute atomic E-state index is 12.3. The van der Waals surface area contributed by atoms with Crippen molar-refractivity contribution in [3.8, 4) is 5.75 Å². The second kappa shape index (κ2) is 11.0. The molecule has 2 rings (SSSR count). The molecule has 1 fully saturated rings. The molecular weight excluding hydrogens is 328 g/mol. The van der Waals surface area contributed by atoms with Crippen LogP contribution in [0.4, 0.5) is 0 Å². The maximum Gasteiger partial charge on any atom is 0.335 e. The summed E-state index contributed by atoms with van der Waals surface area (Å²) >= 11 is 0. The van der Waals surface area contributed by atoms with Crippen LogP contribution in [0.2, 0.25) is 0 Å². The zero-order chi connectivity index (χ0) is 18.8. The van der Waals surface area contributed by atoms with Gasteiger partial charge in [0, 0.05) is 0 Å². The zero-order valence-electron chi connectivity index (χ0n) is 15.9. The fourth-order valence-electron chi connectivity index (χ4n) is 3.77. The second-order valence-corrected chi connectivity index (χ2v) is 7.52. The molecule has 4 nitrogen and oxygen atoms in total. The molecule has 0 aromatic heterocycles. The molecule has 26 heavy (non-hydrogen) atoms. The molecule has 1 aromatic carbocycles. The highest BCUT2D eigenvalue weighted by Crippen LogP contribution is 2.33. The van der Waals surface area contributed by atoms with Crippen LogP contribution in [0, 0.1) is 11.8 Å². The molecule has 0 saturated heterocycles. The van der Waals surface area contributed by atoms with Gasteiger partial charge in [0.25, 0.3) is 0 Å². The first-order valence-corrected chi connectivity index (χ1v) is 10.1. The molecule has 1 aliphatic rings. The monoisotopic (exact) mass is 360 g/mol. The Kier molecular flexibility index (Phi) is 8.66. The van der Waals surface area contributed by atoms with Crippen LogP contribution >= 0.6 is 0 Å². The van der Waals surface area contributed by atoms with Gasteiger partial charge in [0.2, 0.25) is 0 Å². The van der Waals surface area contributed by atoms with Gasteiger partial charge < -0.3 is 9.84 Å². The van der Waals surface area contributed by atoms with Crippen molar-refractivity contribution in [3.63, 3.8) is 0 Å². The minimum atomic E-state index is -0.980. The second-order valence-electron chi connectivity index (χ2n) is 7.52. The highest BCUT2D eigenvalue weighted by atomic mass is 16.5. The number of unbranched alkanes of at least 4 members (excludes halogenated alkanes) is 5. The number of rotatable bonds is 10. The first-order valence-electron chi connectivity index (χ1n) is 10.1. The Morgan fingerprint density at radius 1 is 0.962 bits per heavy atom. The lowest BCUT2D eigenvalue weighted by molar-refractivity contribution is -0.140. The summed E-state index contributed by atoms with van der Waals surface area (Å²) < 4.78 is 5.43. The molecular formula is C22H32O4. The molecule has 0 aliphatic heterocycles. The Morgan fingerprint density at radius 3 is 2.19 bits per heavy atom. The highest BCUT2D eigenvalue weighted by molar-refractivity contribution is 5.87. The van der Waals surface area contributed by atoms with Crippen molar-refractivity contribution in [3.05, 3.63) is 29.8 Å². The fraction of sp³-hybridized carbons (Fsp3) is 0.636. The van der Waals surface area contributed by atoms with E-state index in [4.69, 9.17) is 9.84 Å². The largest absolute Gasteiger partial charge is 0.478 e. The average molecular weight is 360 g/mol. The van der Waals surface area contributed by atoms with E-state index in [9.17, 15) is 9.59 Å². The summed E-state index contributed by atoms with van der Waals surface area (Å²) in [6.07, 6.45) is 13.4. The summed E-state index contributed by atoms with van der Waals surface area (Å²) in [6, 6.07) is 6.02. The van der Waals surface area contributed by atoms with Crippen molar-refractivity contribution < 1.29 is 19.4 Å². The topological polar surface area (TPSA) is 63.6 Å². The lowest BCUT2D eigenvalue weighted by Crippen LogP contribution is -2.25. The Labute approximate surface area is 156 Å². The molecule has 1 saturated carbocycles. The number of benzene rings is 1. The van der Waals surface area contributed by atoms with E-state index in [2.05, 4.69) is 6.92 Å². The fourth-order valence-corrected chi connectivity index (χ4v) is 3.77. The standard InChI is InChI=1S/C22H32O4/c1-2-3-4-5-6-7-8-17-9-11-19(12-10-17)22(25)26-20-15-13-18(14-16-20)21(23)24/h13-17,19H,2-12H2,1H3,(H,23,24). The van der Waals surface area contributed by atoms with E-state index in [1.165, 1.54) is 57.1 Å². The van der Waals surface area contributed by atoms with Gasteiger partial charge in [-0.25, -0.2) is 4.79 Å². The number of carboxylic acids is 1. The summed E-state index contributed by atoms with van der Waals surface area (Å²) in [5.74, 6) is 0.0156. The SMILES string of the molecule is CCCCCCCCC1CCC(C(=O)Oc2ccc(C(=O)O)cc2)CC1. The Balaban J connectivity index is 1.65. The highest BCUT2D eigenvalue weighted by Gasteiger charge is 2.27. The first kappa shape index (κ1) is 20.5. The quantitative estimate of drug-likeness (QED) is 0.323. The number of ether oxygens (including phenoxy) is 1. The number of hydrogen-bond acceptors (Lipinski definition) is 3. The number of esters is 1. The molecule has 4 heteroatoms. The van der Waals surface area contributed by atoms with Gasteiger partial charge in [-0.2, -0.15) is 0 Å². The van der Waals surface area contributed by atoms with Gasteiger partial charge in [0.15, 0.2) is 0 Å². The molecule has 0 heterocycles. The maximum atomic E-state index is 12.3. The number of carboxylic acid groups (broad SMARTS) is 1. The number of aromatic carboxylic acids is 1. The van der Waals surface area contributed by atoms with Crippen LogP contribution < -0.4 is 4.74 Å². The predicted octanol–water partition coefficient (Wildman–Crippen LogP) is 5.85. The summed E-state index contributed by atoms with van der Waals surface area (Å²) in [5.41, 5.74) is 0.194. The van der Waals surface area contributed by atoms with E-state index in [1.807, 2.05) is 0 Å². The Morgan fingerprint density at radius 2 is 1.58 bits per heavy atom. The number of carbonyl (C=O) groups is 2. The lowest BCUT2D eigenvalue weighted by Gasteiger charge is -2.27. The van der Waals surface area contributed by atoms with Crippen molar-refractivity contribution in [1.82, 2.24) is 0 Å². The van der Waals surface area contributed by atoms with Gasteiger partial charge in [-0.3, -0.25) is 4.79 Å². The van der Waals surface area contributed by atoms with Crippen LogP contribution in [-0.2, 0) is 4.79 Å². The van der Waals surface area contributed by atoms with E-state index >= 15 is 0 Å². The van der Waals surface area contributed by atoms with Gasteiger partial charge >= 0.3 is 11.9 Å². The summed E-state index contributed by atoms with van der Waals surface area (Å²) in [4.78, 5) is 23.2. The van der Waals surface area contributed by atoms with Crippen molar-refractivity contribution in [1.29, 1.82) is 0 Å². The number of carbonyl (C=O) groups excluding carboxylic acids is 1. The Hall–Kier alpha value is -1.84. The molecule has 0 bridgehead atoms. The normalized spacial score (nSPS) is 19.9. The minimum Gasteiger partial charge on any atom is -0.478 e. The third-order valence-corrected chi connectivity index (χ3v) is 5.47. The van der Waals surface area contributed by atoms with Crippen LogP contribution in [0.5, 0.6) is 5.75 Å². The summed E-state index contributed by atoms with van der Waals surface area (Å²) in [5, 5.41) is 8.89. The smallest absolute Gasteiger partial charge is 0.335 e. The molecule has 0 spiro atoms. The average Bonchev–Trinajstić information content (AvgIpc) is 2.65. The van der Waals surface area contributed by atoms with Crippen LogP contribution in [-0.4, -0.2) is 17.0 Å². The minimum absolute atomic E-state index is 0.0186. The van der Waals surface area contributed by atoms with Gasteiger partial charge in [0.1, 0.15) is 5.75 Å². The van der Waals surface area contributed by atoms with Gasteiger partial charge in [-0.05, 0) is 55.9 Å². The molecule has 144 valence electrons. The van der Waals surface area contributed by atoms with Crippen molar-refractivity contribution in [2.45, 2.75) is 77.6 Å². The van der Waals surface area contributed by atoms with Crippen molar-refractivity contribution in [2.75, 3.05) is 0 Å². The van der Waals surface area contributed by atoms with Crippen molar-refractivity contribution in [2.24, 2.45) is 11.8 Å². The van der Waals surface area contributed by atoms with Gasteiger partial charge in [-0.15, -0.1) is 0 Å². The predicted molar refractivity (Wildman–Crippen MR) is 102 cm³/mol. The van der Waals surface area contributed by atoms with Crippen LogP contribution in [0.15, 0.2) is 24.3 Å². The summed E-state index contributed by atoms with van der Waals surface area (Å²) in [7, 11) is 0. The van der Waals surface area contributed by atoms with Crippen molar-refractivity contribution >= 4 is 11.9 Å².